The first-order chi connectivity index (χ1) is 20.4. The largest absolute Gasteiger partial charge is 0.453 e. The zero-order valence-corrected chi connectivity index (χ0v) is 24.3. The van der Waals surface area contributed by atoms with E-state index >= 15 is 0 Å². The van der Waals surface area contributed by atoms with Gasteiger partial charge in [0, 0.05) is 36.9 Å². The van der Waals surface area contributed by atoms with Gasteiger partial charge in [-0.1, -0.05) is 32.3 Å². The molecule has 0 unspecified atom stereocenters. The maximum Gasteiger partial charge on any atom is 0.373 e. The summed E-state index contributed by atoms with van der Waals surface area (Å²) in [6.45, 7) is 3.07. The van der Waals surface area contributed by atoms with Gasteiger partial charge < -0.3 is 10.5 Å². The maximum atomic E-state index is 14.7. The lowest BCUT2D eigenvalue weighted by atomic mass is 10.0. The SMILES string of the molecule is CCCCCCN.O=C=O.O=Cc1ccc(-c2cc3nccc(Oc4ccc(CC(=O)CC5CC5)cc4F)c3s2)nc1. The van der Waals surface area contributed by atoms with E-state index in [0.29, 0.717) is 34.7 Å². The normalized spacial score (nSPS) is 11.9. The van der Waals surface area contributed by atoms with Crippen LogP contribution >= 0.6 is 11.3 Å². The molecule has 2 N–H and O–H groups in total. The van der Waals surface area contributed by atoms with E-state index in [2.05, 4.69) is 16.9 Å². The van der Waals surface area contributed by atoms with E-state index in [-0.39, 0.29) is 24.1 Å². The predicted octanol–water partition coefficient (Wildman–Crippen LogP) is 6.96. The molecule has 3 aromatic heterocycles. The van der Waals surface area contributed by atoms with Crippen molar-refractivity contribution in [2.24, 2.45) is 11.7 Å². The first-order valence-electron chi connectivity index (χ1n) is 13.9. The molecule has 1 aromatic carbocycles. The van der Waals surface area contributed by atoms with Crippen molar-refractivity contribution in [1.29, 1.82) is 0 Å². The fourth-order valence-corrected chi connectivity index (χ4v) is 5.15. The molecule has 5 rings (SSSR count). The standard InChI is InChI=1S/C25H19FN2O3S.C6H15N.CO2/c26-19-11-16(10-18(30)9-15-1-2-15)4-6-22(19)31-23-7-8-27-21-12-24(32-25(21)23)20-5-3-17(14-29)13-28-20;1-2-3-4-5-6-7;2-1-3/h3-8,11-15H,1-2,9-10H2;2-7H2,1H3;. The molecule has 1 aliphatic rings. The number of benzene rings is 1. The Kier molecular flexibility index (Phi) is 13.1. The summed E-state index contributed by atoms with van der Waals surface area (Å²) >= 11 is 1.43. The van der Waals surface area contributed by atoms with Crippen molar-refractivity contribution in [3.63, 3.8) is 0 Å². The number of nitrogens with zero attached hydrogens (tertiary/aromatic N) is 2. The zero-order chi connectivity index (χ0) is 30.3. The van der Waals surface area contributed by atoms with Crippen molar-refractivity contribution in [1.82, 2.24) is 9.97 Å². The van der Waals surface area contributed by atoms with E-state index in [0.717, 1.165) is 40.9 Å². The van der Waals surface area contributed by atoms with Crippen LogP contribution in [0, 0.1) is 11.7 Å². The smallest absolute Gasteiger partial charge is 0.373 e. The highest BCUT2D eigenvalue weighted by Crippen LogP contribution is 2.39. The van der Waals surface area contributed by atoms with Crippen LogP contribution in [0.15, 0.2) is 54.9 Å². The van der Waals surface area contributed by atoms with Crippen molar-refractivity contribution in [3.05, 3.63) is 71.8 Å². The average molecular weight is 592 g/mol. The van der Waals surface area contributed by atoms with Crippen LogP contribution in [-0.4, -0.2) is 34.7 Å². The van der Waals surface area contributed by atoms with Crippen LogP contribution in [0.3, 0.4) is 0 Å². The number of Topliss-reactive ketones (excluding diaryl/α,β-unsaturated/α-hetero) is 1. The molecular weight excluding hydrogens is 557 g/mol. The van der Waals surface area contributed by atoms with Gasteiger partial charge in [0.1, 0.15) is 11.5 Å². The molecule has 8 nitrogen and oxygen atoms in total. The van der Waals surface area contributed by atoms with Crippen LogP contribution in [-0.2, 0) is 20.8 Å². The number of pyridine rings is 2. The first-order valence-corrected chi connectivity index (χ1v) is 14.7. The molecule has 0 amide bonds. The molecule has 10 heteroatoms. The number of aromatic nitrogens is 2. The van der Waals surface area contributed by atoms with Gasteiger partial charge in [0.15, 0.2) is 17.9 Å². The lowest BCUT2D eigenvalue weighted by molar-refractivity contribution is -0.191. The third-order valence-corrected chi connectivity index (χ3v) is 7.60. The molecule has 0 spiro atoms. The summed E-state index contributed by atoms with van der Waals surface area (Å²) in [6.07, 6.45) is 12.4. The molecule has 0 atom stereocenters. The number of ether oxygens (including phenoxy) is 1. The third-order valence-electron chi connectivity index (χ3n) is 6.44. The Balaban J connectivity index is 0.000000420. The van der Waals surface area contributed by atoms with Crippen LogP contribution in [0.2, 0.25) is 0 Å². The minimum Gasteiger partial charge on any atom is -0.453 e. The average Bonchev–Trinajstić information content (AvgIpc) is 3.69. The molecular formula is C32H34FN3O5S. The molecule has 0 aliphatic heterocycles. The number of fused-ring (bicyclic) bond motifs is 1. The quantitative estimate of drug-likeness (QED) is 0.138. The van der Waals surface area contributed by atoms with Gasteiger partial charge >= 0.3 is 6.15 Å². The second kappa shape index (κ2) is 17.0. The summed E-state index contributed by atoms with van der Waals surface area (Å²) in [6, 6.07) is 11.7. The Labute approximate surface area is 248 Å². The molecule has 4 aromatic rings. The molecule has 0 bridgehead atoms. The Morgan fingerprint density at radius 3 is 2.50 bits per heavy atom. The van der Waals surface area contributed by atoms with Gasteiger partial charge in [-0.25, -0.2) is 4.39 Å². The number of carbonyl (C=O) groups excluding carboxylic acids is 4. The van der Waals surface area contributed by atoms with E-state index < -0.39 is 5.82 Å². The van der Waals surface area contributed by atoms with Crippen molar-refractivity contribution in [2.45, 2.75) is 58.3 Å². The van der Waals surface area contributed by atoms with Crippen molar-refractivity contribution < 1.29 is 28.3 Å². The number of carbonyl (C=O) groups is 2. The monoisotopic (exact) mass is 591 g/mol. The fraction of sp³-hybridized carbons (Fsp3) is 0.344. The Hall–Kier alpha value is -4.11. The number of halogens is 1. The summed E-state index contributed by atoms with van der Waals surface area (Å²) in [5.41, 5.74) is 7.86. The van der Waals surface area contributed by atoms with E-state index in [1.54, 1.807) is 36.5 Å². The molecule has 0 radical (unpaired) electrons. The van der Waals surface area contributed by atoms with Gasteiger partial charge in [-0.15, -0.1) is 11.3 Å². The van der Waals surface area contributed by atoms with Gasteiger partial charge in [-0.05, 0) is 67.6 Å². The number of nitrogens with two attached hydrogens (primary N) is 1. The van der Waals surface area contributed by atoms with Crippen LogP contribution < -0.4 is 10.5 Å². The van der Waals surface area contributed by atoms with Crippen LogP contribution in [0.25, 0.3) is 20.8 Å². The molecule has 220 valence electrons. The van der Waals surface area contributed by atoms with E-state index in [1.165, 1.54) is 49.3 Å². The summed E-state index contributed by atoms with van der Waals surface area (Å²) in [4.78, 5) is 48.7. The number of rotatable bonds is 12. The Morgan fingerprint density at radius 2 is 1.88 bits per heavy atom. The lowest BCUT2D eigenvalue weighted by Gasteiger charge is -2.09. The van der Waals surface area contributed by atoms with E-state index in [1.807, 2.05) is 6.07 Å². The summed E-state index contributed by atoms with van der Waals surface area (Å²) in [7, 11) is 0. The number of aldehydes is 1. The van der Waals surface area contributed by atoms with Crippen LogP contribution in [0.4, 0.5) is 4.39 Å². The molecule has 0 saturated heterocycles. The molecule has 1 fully saturated rings. The minimum absolute atomic E-state index is 0.0966. The second-order valence-electron chi connectivity index (χ2n) is 9.89. The number of thiophene rings is 1. The van der Waals surface area contributed by atoms with Crippen LogP contribution in [0.5, 0.6) is 11.5 Å². The summed E-state index contributed by atoms with van der Waals surface area (Å²) < 4.78 is 21.4. The predicted molar refractivity (Wildman–Crippen MR) is 159 cm³/mol. The van der Waals surface area contributed by atoms with Gasteiger partial charge in [0.25, 0.3) is 0 Å². The zero-order valence-electron chi connectivity index (χ0n) is 23.5. The highest BCUT2D eigenvalue weighted by molar-refractivity contribution is 7.22. The maximum absolute atomic E-state index is 14.7. The second-order valence-corrected chi connectivity index (χ2v) is 10.9. The van der Waals surface area contributed by atoms with E-state index in [9.17, 15) is 14.0 Å². The van der Waals surface area contributed by atoms with Gasteiger partial charge in [0.05, 0.1) is 20.8 Å². The van der Waals surface area contributed by atoms with Crippen molar-refractivity contribution >= 4 is 39.8 Å². The number of unbranched alkanes of at least 4 members (excludes halogenated alkanes) is 3. The summed E-state index contributed by atoms with van der Waals surface area (Å²) in [5, 5.41) is 0. The van der Waals surface area contributed by atoms with Crippen LogP contribution in [0.1, 0.15) is 67.8 Å². The number of hydrogen-bond acceptors (Lipinski definition) is 9. The van der Waals surface area contributed by atoms with Crippen molar-refractivity contribution in [2.75, 3.05) is 6.54 Å². The fourth-order valence-electron chi connectivity index (χ4n) is 4.11. The van der Waals surface area contributed by atoms with Crippen molar-refractivity contribution in [3.8, 4) is 22.1 Å². The van der Waals surface area contributed by atoms with E-state index in [4.69, 9.17) is 20.1 Å². The highest BCUT2D eigenvalue weighted by Gasteiger charge is 2.24. The topological polar surface area (TPSA) is 129 Å². The molecule has 1 aliphatic carbocycles. The highest BCUT2D eigenvalue weighted by atomic mass is 32.1. The van der Waals surface area contributed by atoms with Gasteiger partial charge in [-0.3, -0.25) is 19.6 Å². The Morgan fingerprint density at radius 1 is 1.10 bits per heavy atom. The Bertz CT molecular complexity index is 1490. The number of ketones is 1. The first kappa shape index (κ1) is 32.4. The summed E-state index contributed by atoms with van der Waals surface area (Å²) in [5.74, 6) is 0.760. The molecule has 42 heavy (non-hydrogen) atoms. The number of hydrogen-bond donors (Lipinski definition) is 1. The van der Waals surface area contributed by atoms with Gasteiger partial charge in [0.2, 0.25) is 0 Å². The lowest BCUT2D eigenvalue weighted by Crippen LogP contribution is -2.04. The minimum atomic E-state index is -0.505. The van der Waals surface area contributed by atoms with Gasteiger partial charge in [-0.2, -0.15) is 9.59 Å². The third kappa shape index (κ3) is 10.1. The molecule has 3 heterocycles. The molecule has 1 saturated carbocycles.